The number of nitrogens with zero attached hydrogens (tertiary/aromatic N) is 3. The first-order valence-electron chi connectivity index (χ1n) is 7.10. The van der Waals surface area contributed by atoms with E-state index < -0.39 is 10.0 Å². The zero-order valence-electron chi connectivity index (χ0n) is 12.2. The van der Waals surface area contributed by atoms with E-state index in [2.05, 4.69) is 10.1 Å². The molecular formula is C13H21N3O3S. The van der Waals surface area contributed by atoms with E-state index in [1.165, 1.54) is 12.8 Å². The highest BCUT2D eigenvalue weighted by Crippen LogP contribution is 2.31. The second-order valence-corrected chi connectivity index (χ2v) is 7.67. The Hall–Kier alpha value is -0.920. The molecule has 1 aromatic heterocycles. The number of aromatic nitrogens is 1. The summed E-state index contributed by atoms with van der Waals surface area (Å²) in [4.78, 5) is 2.65. The summed E-state index contributed by atoms with van der Waals surface area (Å²) in [5, 5.41) is 3.76. The van der Waals surface area contributed by atoms with Gasteiger partial charge in [-0.05, 0) is 33.6 Å². The van der Waals surface area contributed by atoms with E-state index in [0.29, 0.717) is 24.0 Å². The van der Waals surface area contributed by atoms with Crippen molar-refractivity contribution in [1.82, 2.24) is 14.4 Å². The zero-order chi connectivity index (χ0) is 14.5. The molecule has 1 aromatic rings. The second-order valence-electron chi connectivity index (χ2n) is 5.84. The van der Waals surface area contributed by atoms with E-state index in [1.54, 1.807) is 18.2 Å². The van der Waals surface area contributed by atoms with E-state index in [4.69, 9.17) is 4.52 Å². The van der Waals surface area contributed by atoms with Crippen LogP contribution in [0.1, 0.15) is 31.2 Å². The van der Waals surface area contributed by atoms with Crippen LogP contribution >= 0.6 is 0 Å². The molecule has 0 radical (unpaired) electrons. The lowest BCUT2D eigenvalue weighted by Crippen LogP contribution is -2.54. The fourth-order valence-corrected chi connectivity index (χ4v) is 4.97. The Balaban J connectivity index is 1.85. The molecule has 0 amide bonds. The van der Waals surface area contributed by atoms with Crippen molar-refractivity contribution in [3.8, 4) is 0 Å². The molecule has 1 aliphatic heterocycles. The van der Waals surface area contributed by atoms with Crippen molar-refractivity contribution < 1.29 is 12.9 Å². The summed E-state index contributed by atoms with van der Waals surface area (Å²) in [6.45, 7) is 7.48. The molecule has 0 bridgehead atoms. The topological polar surface area (TPSA) is 66.7 Å². The molecule has 2 heterocycles. The Bertz CT molecular complexity index is 587. The normalized spacial score (nSPS) is 26.1. The second kappa shape index (κ2) is 4.82. The Labute approximate surface area is 119 Å². The smallest absolute Gasteiger partial charge is 0.248 e. The largest absolute Gasteiger partial charge is 0.360 e. The highest BCUT2D eigenvalue weighted by atomic mass is 32.2. The van der Waals surface area contributed by atoms with Gasteiger partial charge in [0, 0.05) is 31.7 Å². The average molecular weight is 299 g/mol. The SMILES string of the molecule is Cc1noc(C)c1S(=O)(=O)N1CCN(C2CC2)CC1C. The number of sulfonamides is 1. The Morgan fingerprint density at radius 2 is 1.95 bits per heavy atom. The lowest BCUT2D eigenvalue weighted by Gasteiger charge is -2.38. The minimum absolute atomic E-state index is 0.0111. The van der Waals surface area contributed by atoms with E-state index in [9.17, 15) is 8.42 Å². The third-order valence-electron chi connectivity index (χ3n) is 4.20. The van der Waals surface area contributed by atoms with Crippen LogP contribution in [0.25, 0.3) is 0 Å². The van der Waals surface area contributed by atoms with Gasteiger partial charge in [0.2, 0.25) is 10.0 Å². The predicted molar refractivity (Wildman–Crippen MR) is 73.9 cm³/mol. The third kappa shape index (κ3) is 2.27. The molecule has 1 unspecified atom stereocenters. The zero-order valence-corrected chi connectivity index (χ0v) is 13.0. The highest BCUT2D eigenvalue weighted by Gasteiger charge is 2.40. The van der Waals surface area contributed by atoms with Crippen molar-refractivity contribution in [2.24, 2.45) is 0 Å². The van der Waals surface area contributed by atoms with Crippen molar-refractivity contribution in [1.29, 1.82) is 0 Å². The molecular weight excluding hydrogens is 278 g/mol. The van der Waals surface area contributed by atoms with Crippen molar-refractivity contribution >= 4 is 10.0 Å². The van der Waals surface area contributed by atoms with Gasteiger partial charge in [-0.2, -0.15) is 4.31 Å². The third-order valence-corrected chi connectivity index (χ3v) is 6.45. The summed E-state index contributed by atoms with van der Waals surface area (Å²) in [6, 6.07) is 0.671. The van der Waals surface area contributed by atoms with Crippen LogP contribution in [-0.4, -0.2) is 54.5 Å². The van der Waals surface area contributed by atoms with Crippen LogP contribution in [0.3, 0.4) is 0 Å². The maximum atomic E-state index is 12.8. The summed E-state index contributed by atoms with van der Waals surface area (Å²) >= 11 is 0. The Kier molecular flexibility index (Phi) is 3.38. The summed E-state index contributed by atoms with van der Waals surface area (Å²) in [6.07, 6.45) is 2.51. The van der Waals surface area contributed by atoms with E-state index in [0.717, 1.165) is 13.1 Å². The van der Waals surface area contributed by atoms with Gasteiger partial charge >= 0.3 is 0 Å². The quantitative estimate of drug-likeness (QED) is 0.837. The first-order valence-corrected chi connectivity index (χ1v) is 8.54. The lowest BCUT2D eigenvalue weighted by molar-refractivity contribution is 0.137. The summed E-state index contributed by atoms with van der Waals surface area (Å²) in [7, 11) is -3.51. The van der Waals surface area contributed by atoms with Gasteiger partial charge in [0.05, 0.1) is 0 Å². The molecule has 2 fully saturated rings. The molecule has 1 atom stereocenters. The molecule has 0 spiro atoms. The maximum absolute atomic E-state index is 12.8. The van der Waals surface area contributed by atoms with Gasteiger partial charge in [0.15, 0.2) is 5.76 Å². The number of piperazine rings is 1. The monoisotopic (exact) mass is 299 g/mol. The number of rotatable bonds is 3. The van der Waals surface area contributed by atoms with E-state index in [1.807, 2.05) is 6.92 Å². The van der Waals surface area contributed by atoms with Gasteiger partial charge in [-0.15, -0.1) is 0 Å². The molecule has 20 heavy (non-hydrogen) atoms. The molecule has 7 heteroatoms. The predicted octanol–water partition coefficient (Wildman–Crippen LogP) is 1.15. The summed E-state index contributed by atoms with van der Waals surface area (Å²) in [5.74, 6) is 0.374. The molecule has 112 valence electrons. The molecule has 1 aliphatic carbocycles. The minimum Gasteiger partial charge on any atom is -0.360 e. The van der Waals surface area contributed by atoms with Crippen LogP contribution in [0.15, 0.2) is 9.42 Å². The molecule has 1 saturated heterocycles. The molecule has 1 saturated carbocycles. The van der Waals surface area contributed by atoms with Gasteiger partial charge < -0.3 is 4.52 Å². The fourth-order valence-electron chi connectivity index (χ4n) is 3.06. The van der Waals surface area contributed by atoms with E-state index >= 15 is 0 Å². The molecule has 6 nitrogen and oxygen atoms in total. The van der Waals surface area contributed by atoms with Crippen LogP contribution in [0.2, 0.25) is 0 Å². The molecule has 3 rings (SSSR count). The lowest BCUT2D eigenvalue weighted by atomic mass is 10.2. The van der Waals surface area contributed by atoms with Crippen LogP contribution in [0.4, 0.5) is 0 Å². The van der Waals surface area contributed by atoms with Crippen molar-refractivity contribution in [2.75, 3.05) is 19.6 Å². The number of hydrogen-bond acceptors (Lipinski definition) is 5. The summed E-state index contributed by atoms with van der Waals surface area (Å²) < 4.78 is 32.2. The standard InChI is InChI=1S/C13H21N3O3S/c1-9-8-15(12-4-5-12)6-7-16(9)20(17,18)13-10(2)14-19-11(13)3/h9,12H,4-8H2,1-3H3. The average Bonchev–Trinajstić information content (AvgIpc) is 3.15. The van der Waals surface area contributed by atoms with Gasteiger partial charge in [-0.3, -0.25) is 4.90 Å². The van der Waals surface area contributed by atoms with Crippen LogP contribution in [0, 0.1) is 13.8 Å². The maximum Gasteiger partial charge on any atom is 0.248 e. The van der Waals surface area contributed by atoms with Gasteiger partial charge in [0.1, 0.15) is 10.6 Å². The highest BCUT2D eigenvalue weighted by molar-refractivity contribution is 7.89. The van der Waals surface area contributed by atoms with Crippen molar-refractivity contribution in [2.45, 2.75) is 50.6 Å². The Morgan fingerprint density at radius 1 is 1.25 bits per heavy atom. The fraction of sp³-hybridized carbons (Fsp3) is 0.769. The van der Waals surface area contributed by atoms with Crippen LogP contribution in [-0.2, 0) is 10.0 Å². The van der Waals surface area contributed by atoms with Gasteiger partial charge in [-0.1, -0.05) is 5.16 Å². The van der Waals surface area contributed by atoms with Crippen LogP contribution < -0.4 is 0 Å². The summed E-state index contributed by atoms with van der Waals surface area (Å²) in [5.41, 5.74) is 0.444. The van der Waals surface area contributed by atoms with Crippen molar-refractivity contribution in [3.05, 3.63) is 11.5 Å². The number of hydrogen-bond donors (Lipinski definition) is 0. The first-order chi connectivity index (χ1) is 9.41. The van der Waals surface area contributed by atoms with Gasteiger partial charge in [0.25, 0.3) is 0 Å². The van der Waals surface area contributed by atoms with Gasteiger partial charge in [-0.25, -0.2) is 8.42 Å². The molecule has 0 aromatic carbocycles. The number of aryl methyl sites for hydroxylation is 2. The molecule has 2 aliphatic rings. The molecule has 0 N–H and O–H groups in total. The first kappa shape index (κ1) is 14.0. The minimum atomic E-state index is -3.51. The van der Waals surface area contributed by atoms with Crippen molar-refractivity contribution in [3.63, 3.8) is 0 Å². The Morgan fingerprint density at radius 3 is 2.45 bits per heavy atom. The van der Waals surface area contributed by atoms with Crippen LogP contribution in [0.5, 0.6) is 0 Å². The van der Waals surface area contributed by atoms with E-state index in [-0.39, 0.29) is 10.9 Å².